The van der Waals surface area contributed by atoms with Gasteiger partial charge in [-0.25, -0.2) is 0 Å². The lowest BCUT2D eigenvalue weighted by Crippen LogP contribution is -2.12. The highest BCUT2D eigenvalue weighted by Crippen LogP contribution is 2.15. The first-order valence-electron chi connectivity index (χ1n) is 4.36. The molecule has 1 saturated heterocycles. The fraction of sp³-hybridized carbons (Fsp3) is 1.00. The minimum atomic E-state index is -1.11. The molecule has 0 amide bonds. The van der Waals surface area contributed by atoms with E-state index in [2.05, 4.69) is 5.32 Å². The Kier molecular flexibility index (Phi) is 3.90. The molecular weight excluding hydrogens is 141 g/mol. The van der Waals surface area contributed by atoms with Crippen molar-refractivity contribution in [3.05, 3.63) is 0 Å². The van der Waals surface area contributed by atoms with Crippen molar-refractivity contribution < 1.29 is 10.0 Å². The SMILES string of the molecule is OB(O)CCC[C@H]1CCNC1. The van der Waals surface area contributed by atoms with Gasteiger partial charge in [-0.2, -0.15) is 0 Å². The van der Waals surface area contributed by atoms with Crippen LogP contribution in [0.3, 0.4) is 0 Å². The monoisotopic (exact) mass is 157 g/mol. The Hall–Kier alpha value is -0.0551. The van der Waals surface area contributed by atoms with Crippen molar-refractivity contribution in [1.82, 2.24) is 5.32 Å². The zero-order valence-corrected chi connectivity index (χ0v) is 6.79. The van der Waals surface area contributed by atoms with E-state index in [1.807, 2.05) is 0 Å². The Morgan fingerprint density at radius 3 is 2.82 bits per heavy atom. The van der Waals surface area contributed by atoms with Gasteiger partial charge >= 0.3 is 7.12 Å². The maximum atomic E-state index is 8.57. The number of rotatable bonds is 4. The van der Waals surface area contributed by atoms with Crippen LogP contribution in [0.2, 0.25) is 6.32 Å². The standard InChI is InChI=1S/C7H16BNO2/c10-8(11)4-1-2-7-3-5-9-6-7/h7,9-11H,1-6H2/t7-/m0/s1. The van der Waals surface area contributed by atoms with E-state index in [1.54, 1.807) is 0 Å². The van der Waals surface area contributed by atoms with Crippen molar-refractivity contribution in [3.8, 4) is 0 Å². The third kappa shape index (κ3) is 3.75. The minimum absolute atomic E-state index is 0.524. The third-order valence-electron chi connectivity index (χ3n) is 2.24. The third-order valence-corrected chi connectivity index (χ3v) is 2.24. The van der Waals surface area contributed by atoms with Gasteiger partial charge in [0.25, 0.3) is 0 Å². The molecule has 0 unspecified atom stereocenters. The molecule has 4 heteroatoms. The van der Waals surface area contributed by atoms with E-state index < -0.39 is 7.12 Å². The molecule has 0 aliphatic carbocycles. The van der Waals surface area contributed by atoms with Gasteiger partial charge in [0.05, 0.1) is 0 Å². The van der Waals surface area contributed by atoms with Crippen LogP contribution in [0.15, 0.2) is 0 Å². The van der Waals surface area contributed by atoms with Gasteiger partial charge in [-0.1, -0.05) is 6.42 Å². The molecule has 1 aliphatic rings. The Labute approximate surface area is 68.0 Å². The Bertz CT molecular complexity index is 105. The molecule has 3 N–H and O–H groups in total. The zero-order chi connectivity index (χ0) is 8.10. The lowest BCUT2D eigenvalue weighted by molar-refractivity contribution is 0.397. The normalized spacial score (nSPS) is 24.0. The van der Waals surface area contributed by atoms with Gasteiger partial charge in [-0.3, -0.25) is 0 Å². The van der Waals surface area contributed by atoms with Crippen LogP contribution in [-0.2, 0) is 0 Å². The largest absolute Gasteiger partial charge is 0.451 e. The molecule has 0 radical (unpaired) electrons. The van der Waals surface area contributed by atoms with E-state index in [0.29, 0.717) is 6.32 Å². The molecule has 0 aromatic carbocycles. The van der Waals surface area contributed by atoms with Crippen molar-refractivity contribution in [2.75, 3.05) is 13.1 Å². The van der Waals surface area contributed by atoms with Crippen LogP contribution in [0.4, 0.5) is 0 Å². The summed E-state index contributed by atoms with van der Waals surface area (Å²) in [6.07, 6.45) is 3.84. The molecule has 1 aliphatic heterocycles. The molecule has 1 fully saturated rings. The first kappa shape index (κ1) is 9.04. The van der Waals surface area contributed by atoms with Crippen LogP contribution in [-0.4, -0.2) is 30.3 Å². The van der Waals surface area contributed by atoms with Crippen molar-refractivity contribution >= 4 is 7.12 Å². The highest BCUT2D eigenvalue weighted by atomic mass is 16.4. The van der Waals surface area contributed by atoms with Crippen molar-refractivity contribution in [2.24, 2.45) is 5.92 Å². The van der Waals surface area contributed by atoms with Gasteiger partial charge in [-0.15, -0.1) is 0 Å². The second-order valence-corrected chi connectivity index (χ2v) is 3.27. The number of hydrogen-bond donors (Lipinski definition) is 3. The lowest BCUT2D eigenvalue weighted by atomic mass is 9.82. The van der Waals surface area contributed by atoms with Crippen LogP contribution in [0.25, 0.3) is 0 Å². The molecular formula is C7H16BNO2. The van der Waals surface area contributed by atoms with Gasteiger partial charge in [-0.05, 0) is 38.2 Å². The smallest absolute Gasteiger partial charge is 0.427 e. The molecule has 11 heavy (non-hydrogen) atoms. The Morgan fingerprint density at radius 1 is 1.45 bits per heavy atom. The molecule has 64 valence electrons. The molecule has 1 rings (SSSR count). The van der Waals surface area contributed by atoms with Crippen LogP contribution >= 0.6 is 0 Å². The lowest BCUT2D eigenvalue weighted by Gasteiger charge is -2.06. The summed E-state index contributed by atoms with van der Waals surface area (Å²) in [7, 11) is -1.11. The van der Waals surface area contributed by atoms with E-state index in [-0.39, 0.29) is 0 Å². The fourth-order valence-electron chi connectivity index (χ4n) is 1.55. The highest BCUT2D eigenvalue weighted by Gasteiger charge is 2.15. The summed E-state index contributed by atoms with van der Waals surface area (Å²) in [5.41, 5.74) is 0. The van der Waals surface area contributed by atoms with Crippen LogP contribution in [0.1, 0.15) is 19.3 Å². The van der Waals surface area contributed by atoms with Gasteiger partial charge in [0.1, 0.15) is 0 Å². The van der Waals surface area contributed by atoms with E-state index in [1.165, 1.54) is 6.42 Å². The average molecular weight is 157 g/mol. The summed E-state index contributed by atoms with van der Waals surface area (Å²) in [6, 6.07) is 0. The van der Waals surface area contributed by atoms with E-state index in [9.17, 15) is 0 Å². The topological polar surface area (TPSA) is 52.5 Å². The van der Waals surface area contributed by atoms with E-state index in [0.717, 1.165) is 31.8 Å². The maximum absolute atomic E-state index is 8.57. The molecule has 1 atom stereocenters. The van der Waals surface area contributed by atoms with Gasteiger partial charge in [0.15, 0.2) is 0 Å². The van der Waals surface area contributed by atoms with E-state index in [4.69, 9.17) is 10.0 Å². The molecule has 0 aromatic heterocycles. The second-order valence-electron chi connectivity index (χ2n) is 3.27. The molecule has 0 spiro atoms. The molecule has 0 bridgehead atoms. The predicted octanol–water partition coefficient (Wildman–Crippen LogP) is -0.151. The summed E-state index contributed by atoms with van der Waals surface area (Å²) < 4.78 is 0. The maximum Gasteiger partial charge on any atom is 0.451 e. The summed E-state index contributed by atoms with van der Waals surface area (Å²) >= 11 is 0. The summed E-state index contributed by atoms with van der Waals surface area (Å²) in [4.78, 5) is 0. The molecule has 0 saturated carbocycles. The Balaban J connectivity index is 1.94. The number of nitrogens with one attached hydrogen (secondary N) is 1. The van der Waals surface area contributed by atoms with Gasteiger partial charge < -0.3 is 15.4 Å². The van der Waals surface area contributed by atoms with Crippen LogP contribution < -0.4 is 5.32 Å². The summed E-state index contributed by atoms with van der Waals surface area (Å²) in [5.74, 6) is 0.772. The Morgan fingerprint density at radius 2 is 2.27 bits per heavy atom. The minimum Gasteiger partial charge on any atom is -0.427 e. The fourth-order valence-corrected chi connectivity index (χ4v) is 1.55. The number of hydrogen-bond acceptors (Lipinski definition) is 3. The van der Waals surface area contributed by atoms with Crippen LogP contribution in [0, 0.1) is 5.92 Å². The summed E-state index contributed by atoms with van der Waals surface area (Å²) in [5, 5.41) is 20.4. The summed E-state index contributed by atoms with van der Waals surface area (Å²) in [6.45, 7) is 2.24. The van der Waals surface area contributed by atoms with Crippen LogP contribution in [0.5, 0.6) is 0 Å². The van der Waals surface area contributed by atoms with Crippen molar-refractivity contribution in [3.63, 3.8) is 0 Å². The van der Waals surface area contributed by atoms with E-state index >= 15 is 0 Å². The second kappa shape index (κ2) is 4.75. The molecule has 0 aromatic rings. The van der Waals surface area contributed by atoms with Gasteiger partial charge in [0.2, 0.25) is 0 Å². The van der Waals surface area contributed by atoms with Crippen molar-refractivity contribution in [2.45, 2.75) is 25.6 Å². The highest BCUT2D eigenvalue weighted by molar-refractivity contribution is 6.40. The average Bonchev–Trinajstić information content (AvgIpc) is 2.39. The quantitative estimate of drug-likeness (QED) is 0.497. The zero-order valence-electron chi connectivity index (χ0n) is 6.79. The molecule has 3 nitrogen and oxygen atoms in total. The molecule has 1 heterocycles. The van der Waals surface area contributed by atoms with Gasteiger partial charge in [0, 0.05) is 0 Å². The predicted molar refractivity (Wildman–Crippen MR) is 45.2 cm³/mol. The first-order chi connectivity index (χ1) is 5.29. The van der Waals surface area contributed by atoms with Crippen molar-refractivity contribution in [1.29, 1.82) is 0 Å². The first-order valence-corrected chi connectivity index (χ1v) is 4.36.